The van der Waals surface area contributed by atoms with E-state index in [0.717, 1.165) is 6.92 Å². The van der Waals surface area contributed by atoms with E-state index in [0.29, 0.717) is 0 Å². The molecular formula is C11H19NO9. The van der Waals surface area contributed by atoms with Crippen LogP contribution in [0.2, 0.25) is 0 Å². The van der Waals surface area contributed by atoms with Crippen molar-refractivity contribution in [2.24, 2.45) is 0 Å². The Hall–Kier alpha value is -1.30. The molecule has 0 saturated carbocycles. The number of aliphatic carboxylic acids is 1. The number of rotatable bonds is 5. The zero-order chi connectivity index (χ0) is 16.4. The first-order valence-electron chi connectivity index (χ1n) is 6.18. The minimum atomic E-state index is -2.78. The van der Waals surface area contributed by atoms with E-state index in [1.165, 1.54) is 0 Å². The van der Waals surface area contributed by atoms with Gasteiger partial charge >= 0.3 is 5.97 Å². The van der Waals surface area contributed by atoms with Gasteiger partial charge in [-0.2, -0.15) is 0 Å². The Morgan fingerprint density at radius 2 is 2.00 bits per heavy atom. The molecule has 0 aromatic carbocycles. The predicted molar refractivity (Wildman–Crippen MR) is 64.8 cm³/mol. The first-order chi connectivity index (χ1) is 9.62. The standard InChI is InChI=1S/C11H19NO9/c1-4(14)12-7-5(15)2-11(20,10(18)19)21-9(7)8(17)6(16)3-13/h5-9,13,15-17,20H,2-3H2,1H3,(H,12,14)(H,18,19)/t5-,6+,7-,8-,9+,11+/m0/s1. The molecule has 7 N–H and O–H groups in total. The zero-order valence-electron chi connectivity index (χ0n) is 11.2. The largest absolute Gasteiger partial charge is 0.477 e. The van der Waals surface area contributed by atoms with Gasteiger partial charge in [-0.1, -0.05) is 0 Å². The quantitative estimate of drug-likeness (QED) is 0.268. The van der Waals surface area contributed by atoms with Gasteiger partial charge in [0.15, 0.2) is 0 Å². The molecule has 1 saturated heterocycles. The predicted octanol–water partition coefficient (Wildman–Crippen LogP) is -3.87. The molecule has 1 aliphatic rings. The number of nitrogens with one attached hydrogen (secondary N) is 1. The van der Waals surface area contributed by atoms with Crippen LogP contribution in [0.4, 0.5) is 0 Å². The summed E-state index contributed by atoms with van der Waals surface area (Å²) in [5.74, 6) is -5.17. The molecule has 0 bridgehead atoms. The fourth-order valence-corrected chi connectivity index (χ4v) is 2.14. The minimum Gasteiger partial charge on any atom is -0.477 e. The lowest BCUT2D eigenvalue weighted by Crippen LogP contribution is -2.67. The van der Waals surface area contributed by atoms with Crippen LogP contribution in [0.5, 0.6) is 0 Å². The third kappa shape index (κ3) is 3.87. The second-order valence-electron chi connectivity index (χ2n) is 4.91. The average molecular weight is 309 g/mol. The van der Waals surface area contributed by atoms with Crippen molar-refractivity contribution < 1.29 is 45.0 Å². The van der Waals surface area contributed by atoms with Crippen molar-refractivity contribution in [3.8, 4) is 0 Å². The highest BCUT2D eigenvalue weighted by Gasteiger charge is 2.53. The minimum absolute atomic E-state index is 0.598. The Kier molecular flexibility index (Phi) is 5.61. The Bertz CT molecular complexity index is 403. The van der Waals surface area contributed by atoms with E-state index < -0.39 is 61.1 Å². The number of amides is 1. The van der Waals surface area contributed by atoms with Crippen molar-refractivity contribution in [3.05, 3.63) is 0 Å². The lowest BCUT2D eigenvalue weighted by Gasteiger charge is -2.44. The Balaban J connectivity index is 3.07. The molecule has 0 aromatic rings. The lowest BCUT2D eigenvalue weighted by molar-refractivity contribution is -0.295. The molecule has 1 amide bonds. The Morgan fingerprint density at radius 1 is 1.43 bits per heavy atom. The van der Waals surface area contributed by atoms with E-state index in [-0.39, 0.29) is 0 Å². The molecule has 1 aliphatic heterocycles. The molecule has 0 aliphatic carbocycles. The van der Waals surface area contributed by atoms with E-state index in [1.54, 1.807) is 0 Å². The van der Waals surface area contributed by atoms with Crippen LogP contribution in [0.1, 0.15) is 13.3 Å². The first kappa shape index (κ1) is 17.8. The fraction of sp³-hybridized carbons (Fsp3) is 0.818. The van der Waals surface area contributed by atoms with Crippen LogP contribution < -0.4 is 5.32 Å². The monoisotopic (exact) mass is 309 g/mol. The molecule has 1 heterocycles. The highest BCUT2D eigenvalue weighted by molar-refractivity contribution is 5.76. The highest BCUT2D eigenvalue weighted by atomic mass is 16.7. The maximum absolute atomic E-state index is 11.1. The second-order valence-corrected chi connectivity index (χ2v) is 4.91. The van der Waals surface area contributed by atoms with Crippen LogP contribution >= 0.6 is 0 Å². The molecule has 122 valence electrons. The van der Waals surface area contributed by atoms with E-state index >= 15 is 0 Å². The van der Waals surface area contributed by atoms with Gasteiger partial charge in [0.1, 0.15) is 18.3 Å². The van der Waals surface area contributed by atoms with Crippen LogP contribution in [-0.2, 0) is 14.3 Å². The number of hydrogen-bond acceptors (Lipinski definition) is 8. The highest BCUT2D eigenvalue weighted by Crippen LogP contribution is 2.30. The first-order valence-corrected chi connectivity index (χ1v) is 6.18. The van der Waals surface area contributed by atoms with Gasteiger partial charge in [0.25, 0.3) is 5.79 Å². The van der Waals surface area contributed by atoms with Gasteiger partial charge in [0, 0.05) is 13.3 Å². The van der Waals surface area contributed by atoms with E-state index in [1.807, 2.05) is 0 Å². The SMILES string of the molecule is CC(=O)N[C@@H]1[C@H]([C@@H](O)[C@H](O)CO)O[C@@](O)(C(=O)O)C[C@@H]1O. The van der Waals surface area contributed by atoms with Crippen LogP contribution in [0.3, 0.4) is 0 Å². The summed E-state index contributed by atoms with van der Waals surface area (Å²) < 4.78 is 4.86. The Morgan fingerprint density at radius 3 is 2.43 bits per heavy atom. The summed E-state index contributed by atoms with van der Waals surface area (Å²) in [5.41, 5.74) is 0. The summed E-state index contributed by atoms with van der Waals surface area (Å²) in [6, 6.07) is -1.27. The van der Waals surface area contributed by atoms with Crippen molar-refractivity contribution in [3.63, 3.8) is 0 Å². The number of hydrogen-bond donors (Lipinski definition) is 7. The summed E-state index contributed by atoms with van der Waals surface area (Å²) in [7, 11) is 0. The van der Waals surface area contributed by atoms with E-state index in [4.69, 9.17) is 14.9 Å². The van der Waals surface area contributed by atoms with Gasteiger partial charge in [-0.05, 0) is 0 Å². The van der Waals surface area contributed by atoms with Crippen molar-refractivity contribution in [2.45, 2.75) is 49.6 Å². The normalized spacial score (nSPS) is 35.8. The van der Waals surface area contributed by atoms with E-state index in [9.17, 15) is 30.0 Å². The molecule has 10 heteroatoms. The van der Waals surface area contributed by atoms with Crippen molar-refractivity contribution >= 4 is 11.9 Å². The number of aliphatic hydroxyl groups excluding tert-OH is 4. The topological polar surface area (TPSA) is 177 Å². The molecule has 1 fully saturated rings. The smallest absolute Gasteiger partial charge is 0.364 e. The number of aliphatic hydroxyl groups is 5. The number of carboxylic acids is 1. The third-order valence-electron chi connectivity index (χ3n) is 3.21. The summed E-state index contributed by atoms with van der Waals surface area (Å²) >= 11 is 0. The number of ether oxygens (including phenoxy) is 1. The van der Waals surface area contributed by atoms with Crippen LogP contribution in [0.25, 0.3) is 0 Å². The lowest BCUT2D eigenvalue weighted by atomic mass is 9.88. The molecule has 21 heavy (non-hydrogen) atoms. The van der Waals surface area contributed by atoms with Crippen molar-refractivity contribution in [2.75, 3.05) is 6.61 Å². The van der Waals surface area contributed by atoms with Gasteiger partial charge in [0.05, 0.1) is 18.8 Å². The Labute approximate surface area is 119 Å². The number of carboxylic acid groups (broad SMARTS) is 1. The summed E-state index contributed by atoms with van der Waals surface area (Å²) in [5, 5.41) is 59.0. The maximum Gasteiger partial charge on any atom is 0.364 e. The van der Waals surface area contributed by atoms with Gasteiger partial charge in [-0.3, -0.25) is 4.79 Å². The summed E-state index contributed by atoms with van der Waals surface area (Å²) in [6.07, 6.45) is -7.48. The molecule has 0 spiro atoms. The molecule has 10 nitrogen and oxygen atoms in total. The molecule has 0 radical (unpaired) electrons. The molecule has 0 aromatic heterocycles. The van der Waals surface area contributed by atoms with Gasteiger partial charge in [-0.25, -0.2) is 4.79 Å². The maximum atomic E-state index is 11.1. The van der Waals surface area contributed by atoms with Crippen LogP contribution in [0.15, 0.2) is 0 Å². The molecule has 0 unspecified atom stereocenters. The average Bonchev–Trinajstić information content (AvgIpc) is 2.39. The molecule has 1 rings (SSSR count). The molecule has 6 atom stereocenters. The zero-order valence-corrected chi connectivity index (χ0v) is 11.2. The van der Waals surface area contributed by atoms with Crippen molar-refractivity contribution in [1.29, 1.82) is 0 Å². The van der Waals surface area contributed by atoms with Gasteiger partial charge < -0.3 is 40.7 Å². The van der Waals surface area contributed by atoms with Crippen molar-refractivity contribution in [1.82, 2.24) is 5.32 Å². The summed E-state index contributed by atoms with van der Waals surface area (Å²) in [6.45, 7) is 0.256. The van der Waals surface area contributed by atoms with E-state index in [2.05, 4.69) is 5.32 Å². The second kappa shape index (κ2) is 6.64. The fourth-order valence-electron chi connectivity index (χ4n) is 2.14. The van der Waals surface area contributed by atoms with Crippen LogP contribution in [-0.4, -0.2) is 85.4 Å². The molecular weight excluding hydrogens is 290 g/mol. The number of carbonyl (C=O) groups is 2. The van der Waals surface area contributed by atoms with Gasteiger partial charge in [-0.15, -0.1) is 0 Å². The number of carbonyl (C=O) groups excluding carboxylic acids is 1. The summed E-state index contributed by atoms with van der Waals surface area (Å²) in [4.78, 5) is 22.1. The van der Waals surface area contributed by atoms with Crippen LogP contribution in [0, 0.1) is 0 Å². The third-order valence-corrected chi connectivity index (χ3v) is 3.21. The van der Waals surface area contributed by atoms with Gasteiger partial charge in [0.2, 0.25) is 5.91 Å².